The van der Waals surface area contributed by atoms with Crippen LogP contribution in [0.1, 0.15) is 28.1 Å². The molecule has 3 amide bonds. The number of hydrogen-bond acceptors (Lipinski definition) is 5. The number of aliphatic hydroxyl groups is 1. The van der Waals surface area contributed by atoms with E-state index in [1.54, 1.807) is 6.07 Å². The summed E-state index contributed by atoms with van der Waals surface area (Å²) in [6.45, 7) is 1.64. The van der Waals surface area contributed by atoms with E-state index in [9.17, 15) is 14.7 Å². The van der Waals surface area contributed by atoms with Crippen LogP contribution in [0, 0.1) is 0 Å². The molecule has 1 aromatic carbocycles. The van der Waals surface area contributed by atoms with Crippen molar-refractivity contribution in [3.8, 4) is 10.4 Å². The van der Waals surface area contributed by atoms with Gasteiger partial charge < -0.3 is 26.8 Å². The predicted octanol–water partition coefficient (Wildman–Crippen LogP) is 1.88. The molecule has 1 aliphatic rings. The number of primary amides is 1. The lowest BCUT2D eigenvalue weighted by Crippen LogP contribution is -2.45. The van der Waals surface area contributed by atoms with Crippen LogP contribution in [0.4, 0.5) is 10.5 Å². The van der Waals surface area contributed by atoms with Gasteiger partial charge in [0.2, 0.25) is 0 Å². The Labute approximate surface area is 155 Å². The van der Waals surface area contributed by atoms with Crippen LogP contribution in [-0.2, 0) is 6.61 Å². The number of urea groups is 1. The largest absolute Gasteiger partial charge is 0.392 e. The van der Waals surface area contributed by atoms with Gasteiger partial charge in [-0.2, -0.15) is 0 Å². The highest BCUT2D eigenvalue weighted by Crippen LogP contribution is 2.35. The molecule has 1 saturated heterocycles. The highest BCUT2D eigenvalue weighted by atomic mass is 32.1. The Morgan fingerprint density at radius 3 is 2.88 bits per heavy atom. The number of carbonyl (C=O) groups is 2. The van der Waals surface area contributed by atoms with Gasteiger partial charge in [0.05, 0.1) is 12.3 Å². The quantitative estimate of drug-likeness (QED) is 0.549. The second kappa shape index (κ2) is 8.31. The number of carbonyl (C=O) groups excluding carboxylic acids is 2. The number of thiophene rings is 1. The zero-order valence-electron chi connectivity index (χ0n) is 14.2. The third-order valence-electron chi connectivity index (χ3n) is 4.22. The number of hydrogen-bond donors (Lipinski definition) is 5. The monoisotopic (exact) mass is 374 g/mol. The van der Waals surface area contributed by atoms with Gasteiger partial charge >= 0.3 is 6.03 Å². The molecule has 0 unspecified atom stereocenters. The molecule has 6 N–H and O–H groups in total. The lowest BCUT2D eigenvalue weighted by Gasteiger charge is -2.23. The maximum Gasteiger partial charge on any atom is 0.316 e. The molecule has 1 aliphatic heterocycles. The first-order valence-electron chi connectivity index (χ1n) is 8.49. The zero-order valence-corrected chi connectivity index (χ0v) is 15.1. The lowest BCUT2D eigenvalue weighted by molar-refractivity contribution is 0.0935. The van der Waals surface area contributed by atoms with Gasteiger partial charge in [-0.3, -0.25) is 4.79 Å². The number of piperidine rings is 1. The smallest absolute Gasteiger partial charge is 0.316 e. The number of nitrogens with two attached hydrogens (primary N) is 1. The van der Waals surface area contributed by atoms with Gasteiger partial charge in [0, 0.05) is 17.5 Å². The minimum atomic E-state index is -0.716. The first kappa shape index (κ1) is 18.4. The van der Waals surface area contributed by atoms with Gasteiger partial charge in [0.25, 0.3) is 5.91 Å². The molecule has 1 fully saturated rings. The van der Waals surface area contributed by atoms with Gasteiger partial charge in [-0.05, 0) is 42.6 Å². The van der Waals surface area contributed by atoms with Gasteiger partial charge in [0.15, 0.2) is 0 Å². The number of nitrogens with one attached hydrogen (secondary N) is 3. The van der Waals surface area contributed by atoms with Crippen molar-refractivity contribution in [1.82, 2.24) is 10.6 Å². The normalized spacial score (nSPS) is 16.9. The fourth-order valence-electron chi connectivity index (χ4n) is 2.98. The maximum absolute atomic E-state index is 12.7. The molecule has 0 radical (unpaired) electrons. The molecule has 0 saturated carbocycles. The second-order valence-electron chi connectivity index (χ2n) is 6.22. The molecule has 1 aromatic heterocycles. The van der Waals surface area contributed by atoms with Crippen LogP contribution in [0.5, 0.6) is 0 Å². The fraction of sp³-hybridized carbons (Fsp3) is 0.333. The Balaban J connectivity index is 1.88. The highest BCUT2D eigenvalue weighted by molar-refractivity contribution is 7.18. The van der Waals surface area contributed by atoms with E-state index in [0.29, 0.717) is 10.6 Å². The van der Waals surface area contributed by atoms with E-state index >= 15 is 0 Å². The van der Waals surface area contributed by atoms with E-state index in [1.165, 1.54) is 11.3 Å². The Bertz CT molecular complexity index is 799. The SMILES string of the molecule is NC(=O)Nc1cc(-c2cccc(CO)c2)sc1C(=O)N[C@H]1CCCNC1. The summed E-state index contributed by atoms with van der Waals surface area (Å²) >= 11 is 1.29. The van der Waals surface area contributed by atoms with Crippen molar-refractivity contribution in [2.75, 3.05) is 18.4 Å². The molecule has 0 spiro atoms. The fourth-order valence-corrected chi connectivity index (χ4v) is 3.99. The molecular formula is C18H22N4O3S. The second-order valence-corrected chi connectivity index (χ2v) is 7.27. The standard InChI is InChI=1S/C18H22N4O3S/c19-18(25)22-14-8-15(12-4-1-3-11(7-12)10-23)26-16(14)17(24)21-13-5-2-6-20-9-13/h1,3-4,7-8,13,20,23H,2,5-6,9-10H2,(H,21,24)(H3,19,22,25)/t13-/m0/s1. The molecule has 7 nitrogen and oxygen atoms in total. The van der Waals surface area contributed by atoms with E-state index in [0.717, 1.165) is 41.9 Å². The van der Waals surface area contributed by atoms with Gasteiger partial charge in [-0.25, -0.2) is 4.79 Å². The van der Waals surface area contributed by atoms with Crippen LogP contribution in [0.15, 0.2) is 30.3 Å². The summed E-state index contributed by atoms with van der Waals surface area (Å²) < 4.78 is 0. The van der Waals surface area contributed by atoms with Crippen molar-refractivity contribution in [2.45, 2.75) is 25.5 Å². The third-order valence-corrected chi connectivity index (χ3v) is 5.41. The minimum Gasteiger partial charge on any atom is -0.392 e. The predicted molar refractivity (Wildman–Crippen MR) is 102 cm³/mol. The Hall–Kier alpha value is -2.42. The number of aliphatic hydroxyl groups excluding tert-OH is 1. The van der Waals surface area contributed by atoms with Crippen LogP contribution >= 0.6 is 11.3 Å². The van der Waals surface area contributed by atoms with Crippen LogP contribution in [0.3, 0.4) is 0 Å². The van der Waals surface area contributed by atoms with Crippen LogP contribution in [-0.4, -0.2) is 36.2 Å². The van der Waals surface area contributed by atoms with Crippen molar-refractivity contribution < 1.29 is 14.7 Å². The Kier molecular flexibility index (Phi) is 5.87. The number of benzene rings is 1. The van der Waals surface area contributed by atoms with Crippen molar-refractivity contribution in [3.05, 3.63) is 40.8 Å². The summed E-state index contributed by atoms with van der Waals surface area (Å²) in [5.41, 5.74) is 7.29. The van der Waals surface area contributed by atoms with E-state index in [2.05, 4.69) is 16.0 Å². The van der Waals surface area contributed by atoms with Crippen molar-refractivity contribution in [2.24, 2.45) is 5.73 Å². The summed E-state index contributed by atoms with van der Waals surface area (Å²) in [6.07, 6.45) is 1.94. The lowest BCUT2D eigenvalue weighted by atomic mass is 10.1. The first-order chi connectivity index (χ1) is 12.6. The number of rotatable bonds is 5. The zero-order chi connectivity index (χ0) is 18.5. The topological polar surface area (TPSA) is 116 Å². The van der Waals surface area contributed by atoms with Gasteiger partial charge in [-0.1, -0.05) is 18.2 Å². The van der Waals surface area contributed by atoms with Crippen LogP contribution < -0.4 is 21.7 Å². The molecule has 138 valence electrons. The number of anilines is 1. The first-order valence-corrected chi connectivity index (χ1v) is 9.30. The summed E-state index contributed by atoms with van der Waals surface area (Å²) in [6, 6.07) is 8.50. The molecule has 26 heavy (non-hydrogen) atoms. The number of amides is 3. The molecule has 1 atom stereocenters. The van der Waals surface area contributed by atoms with Crippen LogP contribution in [0.25, 0.3) is 10.4 Å². The van der Waals surface area contributed by atoms with E-state index in [-0.39, 0.29) is 18.6 Å². The van der Waals surface area contributed by atoms with E-state index in [1.807, 2.05) is 24.3 Å². The van der Waals surface area contributed by atoms with E-state index in [4.69, 9.17) is 5.73 Å². The molecule has 8 heteroatoms. The summed E-state index contributed by atoms with van der Waals surface area (Å²) in [5.74, 6) is -0.225. The van der Waals surface area contributed by atoms with Crippen molar-refractivity contribution in [3.63, 3.8) is 0 Å². The minimum absolute atomic E-state index is 0.0619. The van der Waals surface area contributed by atoms with Gasteiger partial charge in [0.1, 0.15) is 4.88 Å². The molecule has 2 heterocycles. The molecular weight excluding hydrogens is 352 g/mol. The highest BCUT2D eigenvalue weighted by Gasteiger charge is 2.22. The summed E-state index contributed by atoms with van der Waals surface area (Å²) in [5, 5.41) is 18.1. The van der Waals surface area contributed by atoms with E-state index < -0.39 is 6.03 Å². The Morgan fingerprint density at radius 2 is 2.19 bits per heavy atom. The third kappa shape index (κ3) is 4.40. The molecule has 3 rings (SSSR count). The molecule has 0 aliphatic carbocycles. The summed E-state index contributed by atoms with van der Waals surface area (Å²) in [4.78, 5) is 25.3. The van der Waals surface area contributed by atoms with Crippen molar-refractivity contribution >= 4 is 29.0 Å². The average molecular weight is 374 g/mol. The Morgan fingerprint density at radius 1 is 1.35 bits per heavy atom. The van der Waals surface area contributed by atoms with Crippen LogP contribution in [0.2, 0.25) is 0 Å². The maximum atomic E-state index is 12.7. The van der Waals surface area contributed by atoms with Gasteiger partial charge in [-0.15, -0.1) is 11.3 Å². The summed E-state index contributed by atoms with van der Waals surface area (Å²) in [7, 11) is 0. The van der Waals surface area contributed by atoms with Crippen molar-refractivity contribution in [1.29, 1.82) is 0 Å². The molecule has 0 bridgehead atoms. The average Bonchev–Trinajstić information content (AvgIpc) is 3.06. The molecule has 2 aromatic rings.